The van der Waals surface area contributed by atoms with Gasteiger partial charge in [0.25, 0.3) is 5.91 Å². The second kappa shape index (κ2) is 7.53. The van der Waals surface area contributed by atoms with E-state index < -0.39 is 15.9 Å². The Labute approximate surface area is 151 Å². The summed E-state index contributed by atoms with van der Waals surface area (Å²) in [6, 6.07) is 11.2. The fraction of sp³-hybridized carbons (Fsp3) is 0.188. The summed E-state index contributed by atoms with van der Waals surface area (Å²) in [5.74, 6) is -0.392. The first kappa shape index (κ1) is 18.7. The number of halogens is 2. The third-order valence-electron chi connectivity index (χ3n) is 3.32. The van der Waals surface area contributed by atoms with Gasteiger partial charge in [0, 0.05) is 31.2 Å². The molecule has 1 amide bonds. The minimum atomic E-state index is -3.73. The predicted octanol–water partition coefficient (Wildman–Crippen LogP) is 3.17. The van der Waals surface area contributed by atoms with Gasteiger partial charge in [0.05, 0.1) is 5.02 Å². The van der Waals surface area contributed by atoms with E-state index in [0.717, 1.165) is 9.87 Å². The molecule has 8 heteroatoms. The van der Waals surface area contributed by atoms with Crippen LogP contribution in [0.5, 0.6) is 0 Å². The molecule has 0 heterocycles. The number of hydrogen-bond acceptors (Lipinski definition) is 3. The highest BCUT2D eigenvalue weighted by Crippen LogP contribution is 2.24. The van der Waals surface area contributed by atoms with Crippen molar-refractivity contribution in [1.29, 1.82) is 0 Å². The van der Waals surface area contributed by atoms with E-state index in [-0.39, 0.29) is 15.5 Å². The van der Waals surface area contributed by atoms with Crippen LogP contribution in [0.2, 0.25) is 10.0 Å². The summed E-state index contributed by atoms with van der Waals surface area (Å²) in [6.45, 7) is 0.300. The highest BCUT2D eigenvalue weighted by atomic mass is 35.5. The van der Waals surface area contributed by atoms with Crippen molar-refractivity contribution < 1.29 is 13.2 Å². The molecule has 0 saturated carbocycles. The number of rotatable bonds is 5. The van der Waals surface area contributed by atoms with Gasteiger partial charge in [0.2, 0.25) is 10.0 Å². The lowest BCUT2D eigenvalue weighted by molar-refractivity contribution is 0.0950. The molecule has 2 aromatic rings. The summed E-state index contributed by atoms with van der Waals surface area (Å²) in [4.78, 5) is 12.2. The molecule has 24 heavy (non-hydrogen) atoms. The summed E-state index contributed by atoms with van der Waals surface area (Å²) >= 11 is 11.8. The molecule has 2 rings (SSSR count). The summed E-state index contributed by atoms with van der Waals surface area (Å²) in [7, 11) is -0.925. The third kappa shape index (κ3) is 4.27. The Balaban J connectivity index is 2.20. The van der Waals surface area contributed by atoms with E-state index in [0.29, 0.717) is 11.6 Å². The molecule has 2 aromatic carbocycles. The Bertz CT molecular complexity index is 850. The number of benzene rings is 2. The lowest BCUT2D eigenvalue weighted by Gasteiger charge is -2.14. The van der Waals surface area contributed by atoms with Crippen molar-refractivity contribution in [3.05, 3.63) is 63.6 Å². The van der Waals surface area contributed by atoms with E-state index in [9.17, 15) is 13.2 Å². The molecule has 128 valence electrons. The largest absolute Gasteiger partial charge is 0.348 e. The zero-order chi connectivity index (χ0) is 17.9. The Morgan fingerprint density at radius 2 is 1.71 bits per heavy atom. The molecule has 0 fully saturated rings. The molecule has 0 atom stereocenters. The van der Waals surface area contributed by atoms with Crippen LogP contribution in [0.25, 0.3) is 0 Å². The van der Waals surface area contributed by atoms with E-state index in [4.69, 9.17) is 23.2 Å². The molecule has 0 aromatic heterocycles. The first-order chi connectivity index (χ1) is 11.2. The van der Waals surface area contributed by atoms with Crippen molar-refractivity contribution in [3.8, 4) is 0 Å². The van der Waals surface area contributed by atoms with Crippen molar-refractivity contribution in [1.82, 2.24) is 9.62 Å². The van der Waals surface area contributed by atoms with Crippen LogP contribution in [0, 0.1) is 0 Å². The topological polar surface area (TPSA) is 66.5 Å². The van der Waals surface area contributed by atoms with Gasteiger partial charge in [-0.1, -0.05) is 35.3 Å². The monoisotopic (exact) mass is 386 g/mol. The molecule has 0 spiro atoms. The molecule has 0 unspecified atom stereocenters. The smallest absolute Gasteiger partial charge is 0.251 e. The van der Waals surface area contributed by atoms with Gasteiger partial charge in [-0.15, -0.1) is 0 Å². The average molecular weight is 387 g/mol. The second-order valence-corrected chi connectivity index (χ2v) is 8.21. The average Bonchev–Trinajstić information content (AvgIpc) is 2.54. The Hall–Kier alpha value is -1.60. The number of nitrogens with one attached hydrogen (secondary N) is 1. The summed E-state index contributed by atoms with van der Waals surface area (Å²) in [6.07, 6.45) is 0. The SMILES string of the molecule is CN(C)S(=O)(=O)c1cc(C(=O)NCc2ccc(Cl)cc2)ccc1Cl. The fourth-order valence-corrected chi connectivity index (χ4v) is 3.45. The van der Waals surface area contributed by atoms with Gasteiger partial charge in [-0.3, -0.25) is 4.79 Å². The molecule has 5 nitrogen and oxygen atoms in total. The van der Waals surface area contributed by atoms with Gasteiger partial charge in [0.15, 0.2) is 0 Å². The normalized spacial score (nSPS) is 11.5. The third-order valence-corrected chi connectivity index (χ3v) is 5.87. The number of nitrogens with zero attached hydrogens (tertiary/aromatic N) is 1. The number of amides is 1. The van der Waals surface area contributed by atoms with E-state index in [2.05, 4.69) is 5.32 Å². The zero-order valence-corrected chi connectivity index (χ0v) is 15.4. The molecule has 0 aliphatic rings. The quantitative estimate of drug-likeness (QED) is 0.857. The zero-order valence-electron chi connectivity index (χ0n) is 13.1. The van der Waals surface area contributed by atoms with Crippen molar-refractivity contribution >= 4 is 39.1 Å². The van der Waals surface area contributed by atoms with Gasteiger partial charge in [-0.05, 0) is 35.9 Å². The second-order valence-electron chi connectivity index (χ2n) is 5.24. The van der Waals surface area contributed by atoms with E-state index >= 15 is 0 Å². The van der Waals surface area contributed by atoms with E-state index in [1.807, 2.05) is 0 Å². The fourth-order valence-electron chi connectivity index (χ4n) is 1.93. The Kier molecular flexibility index (Phi) is 5.87. The van der Waals surface area contributed by atoms with Crippen molar-refractivity contribution in [3.63, 3.8) is 0 Å². The van der Waals surface area contributed by atoms with Gasteiger partial charge < -0.3 is 5.32 Å². The molecule has 0 saturated heterocycles. The van der Waals surface area contributed by atoms with Crippen LogP contribution in [0.4, 0.5) is 0 Å². The summed E-state index contributed by atoms with van der Waals surface area (Å²) in [5, 5.41) is 3.41. The van der Waals surface area contributed by atoms with Crippen LogP contribution in [-0.2, 0) is 16.6 Å². The number of sulfonamides is 1. The number of hydrogen-bond donors (Lipinski definition) is 1. The number of carbonyl (C=O) groups is 1. The minimum absolute atomic E-state index is 0.0675. The molecule has 0 aliphatic carbocycles. The van der Waals surface area contributed by atoms with Crippen LogP contribution in [0.15, 0.2) is 47.4 Å². The number of carbonyl (C=O) groups excluding carboxylic acids is 1. The van der Waals surface area contributed by atoms with E-state index in [1.165, 1.54) is 32.3 Å². The molecule has 0 radical (unpaired) electrons. The Morgan fingerprint density at radius 3 is 2.29 bits per heavy atom. The highest BCUT2D eigenvalue weighted by Gasteiger charge is 2.22. The van der Waals surface area contributed by atoms with Crippen molar-refractivity contribution in [2.45, 2.75) is 11.4 Å². The molecule has 0 aliphatic heterocycles. The lowest BCUT2D eigenvalue weighted by atomic mass is 10.2. The summed E-state index contributed by atoms with van der Waals surface area (Å²) < 4.78 is 25.5. The molecular formula is C16H16Cl2N2O3S. The predicted molar refractivity (Wildman–Crippen MR) is 94.9 cm³/mol. The van der Waals surface area contributed by atoms with Crippen LogP contribution >= 0.6 is 23.2 Å². The van der Waals surface area contributed by atoms with Crippen molar-refractivity contribution in [2.24, 2.45) is 0 Å². The van der Waals surface area contributed by atoms with Crippen LogP contribution in [0.3, 0.4) is 0 Å². The Morgan fingerprint density at radius 1 is 1.08 bits per heavy atom. The van der Waals surface area contributed by atoms with Crippen LogP contribution in [-0.4, -0.2) is 32.7 Å². The van der Waals surface area contributed by atoms with Gasteiger partial charge in [-0.25, -0.2) is 12.7 Å². The molecule has 0 bridgehead atoms. The lowest BCUT2D eigenvalue weighted by Crippen LogP contribution is -2.25. The maximum Gasteiger partial charge on any atom is 0.251 e. The molecule has 1 N–H and O–H groups in total. The van der Waals surface area contributed by atoms with Crippen molar-refractivity contribution in [2.75, 3.05) is 14.1 Å². The maximum absolute atomic E-state index is 12.3. The molecular weight excluding hydrogens is 371 g/mol. The van der Waals surface area contributed by atoms with Gasteiger partial charge >= 0.3 is 0 Å². The van der Waals surface area contributed by atoms with Crippen LogP contribution < -0.4 is 5.32 Å². The standard InChI is InChI=1S/C16H16Cl2N2O3S/c1-20(2)24(22,23)15-9-12(5-8-14(15)18)16(21)19-10-11-3-6-13(17)7-4-11/h3-9H,10H2,1-2H3,(H,19,21). The van der Waals surface area contributed by atoms with E-state index in [1.54, 1.807) is 24.3 Å². The first-order valence-corrected chi connectivity index (χ1v) is 9.16. The van der Waals surface area contributed by atoms with Gasteiger partial charge in [0.1, 0.15) is 4.90 Å². The minimum Gasteiger partial charge on any atom is -0.348 e. The summed E-state index contributed by atoms with van der Waals surface area (Å²) in [5.41, 5.74) is 1.09. The highest BCUT2D eigenvalue weighted by molar-refractivity contribution is 7.89. The first-order valence-electron chi connectivity index (χ1n) is 6.96. The van der Waals surface area contributed by atoms with Gasteiger partial charge in [-0.2, -0.15) is 0 Å². The van der Waals surface area contributed by atoms with Crippen LogP contribution in [0.1, 0.15) is 15.9 Å². The maximum atomic E-state index is 12.3.